The maximum Gasteiger partial charge on any atom is 0.264 e. The number of aromatic nitrogens is 2. The zero-order valence-electron chi connectivity index (χ0n) is 13.6. The lowest BCUT2D eigenvalue weighted by molar-refractivity contribution is 0.555. The minimum atomic E-state index is -4.23. The zero-order valence-corrected chi connectivity index (χ0v) is 14.4. The number of hydrogen-bond donors (Lipinski definition) is 1. The number of hydrogen-bond acceptors (Lipinski definition) is 3. The van der Waals surface area contributed by atoms with Crippen molar-refractivity contribution in [1.29, 1.82) is 0 Å². The van der Waals surface area contributed by atoms with Gasteiger partial charge in [0.1, 0.15) is 22.4 Å². The van der Waals surface area contributed by atoms with Gasteiger partial charge >= 0.3 is 0 Å². The molecule has 0 saturated carbocycles. The van der Waals surface area contributed by atoms with Crippen LogP contribution in [-0.2, 0) is 23.0 Å². The summed E-state index contributed by atoms with van der Waals surface area (Å²) in [5.74, 6) is -0.784. The third-order valence-corrected chi connectivity index (χ3v) is 5.73. The van der Waals surface area contributed by atoms with Gasteiger partial charge in [-0.05, 0) is 42.3 Å². The number of nitrogens with one attached hydrogen (secondary N) is 1. The highest BCUT2D eigenvalue weighted by atomic mass is 32.2. The van der Waals surface area contributed by atoms with Crippen molar-refractivity contribution in [2.75, 3.05) is 4.72 Å². The fraction of sp³-hybridized carbons (Fsp3) is 0.167. The molecule has 1 aromatic heterocycles. The monoisotopic (exact) mass is 375 g/mol. The Labute approximate surface area is 149 Å². The van der Waals surface area contributed by atoms with E-state index in [1.54, 1.807) is 30.5 Å². The molecule has 0 spiro atoms. The molecule has 0 bridgehead atoms. The predicted molar refractivity (Wildman–Crippen MR) is 93.2 cm³/mol. The Hall–Kier alpha value is -2.74. The quantitative estimate of drug-likeness (QED) is 0.758. The maximum atomic E-state index is 13.7. The van der Waals surface area contributed by atoms with E-state index in [1.165, 1.54) is 0 Å². The van der Waals surface area contributed by atoms with Crippen molar-refractivity contribution in [3.8, 4) is 11.3 Å². The van der Waals surface area contributed by atoms with Crippen molar-refractivity contribution < 1.29 is 17.2 Å². The minimum Gasteiger partial charge on any atom is -0.328 e. The van der Waals surface area contributed by atoms with Gasteiger partial charge in [-0.2, -0.15) is 0 Å². The van der Waals surface area contributed by atoms with E-state index < -0.39 is 26.6 Å². The maximum absolute atomic E-state index is 13.7. The zero-order chi connectivity index (χ0) is 18.3. The molecular formula is C18H15F2N3O2S. The normalized spacial score (nSPS) is 13.6. The highest BCUT2D eigenvalue weighted by Crippen LogP contribution is 2.27. The smallest absolute Gasteiger partial charge is 0.264 e. The summed E-state index contributed by atoms with van der Waals surface area (Å²) in [7, 11) is -4.23. The standard InChI is InChI=1S/C18H15F2N3O2S/c19-13-5-8-15(20)17(10-13)26(24,25)22-14-6-3-12(4-7-14)16-11-21-18-2-1-9-23(16)18/h3-8,10-11,22H,1-2,9H2. The number of sulfonamides is 1. The number of anilines is 1. The third-order valence-electron chi connectivity index (χ3n) is 4.34. The molecule has 8 heteroatoms. The van der Waals surface area contributed by atoms with Crippen LogP contribution < -0.4 is 4.72 Å². The van der Waals surface area contributed by atoms with Crippen LogP contribution >= 0.6 is 0 Å². The van der Waals surface area contributed by atoms with Gasteiger partial charge in [0.25, 0.3) is 10.0 Å². The highest BCUT2D eigenvalue weighted by Gasteiger charge is 2.21. The summed E-state index contributed by atoms with van der Waals surface area (Å²) in [5, 5.41) is 0. The lowest BCUT2D eigenvalue weighted by Gasteiger charge is -2.10. The molecule has 5 nitrogen and oxygen atoms in total. The second-order valence-electron chi connectivity index (χ2n) is 6.07. The summed E-state index contributed by atoms with van der Waals surface area (Å²) >= 11 is 0. The first-order valence-electron chi connectivity index (χ1n) is 8.07. The van der Waals surface area contributed by atoms with Gasteiger partial charge in [0.15, 0.2) is 0 Å². The molecule has 0 saturated heterocycles. The van der Waals surface area contributed by atoms with Gasteiger partial charge < -0.3 is 4.57 Å². The Balaban J connectivity index is 1.60. The molecule has 0 fully saturated rings. The Morgan fingerprint density at radius 3 is 2.62 bits per heavy atom. The van der Waals surface area contributed by atoms with Crippen molar-refractivity contribution in [3.05, 3.63) is 66.1 Å². The third kappa shape index (κ3) is 2.96. The fourth-order valence-electron chi connectivity index (χ4n) is 3.09. The summed E-state index contributed by atoms with van der Waals surface area (Å²) in [6.45, 7) is 0.915. The first-order valence-corrected chi connectivity index (χ1v) is 9.55. The van der Waals surface area contributed by atoms with E-state index in [0.717, 1.165) is 48.6 Å². The Bertz CT molecular complexity index is 1080. The largest absolute Gasteiger partial charge is 0.328 e. The summed E-state index contributed by atoms with van der Waals surface area (Å²) in [6, 6.07) is 9.00. The molecular weight excluding hydrogens is 360 g/mol. The molecule has 0 aliphatic carbocycles. The number of fused-ring (bicyclic) bond motifs is 1. The molecule has 0 radical (unpaired) electrons. The van der Waals surface area contributed by atoms with Crippen LogP contribution in [-0.4, -0.2) is 18.0 Å². The van der Waals surface area contributed by atoms with Crippen molar-refractivity contribution >= 4 is 15.7 Å². The second kappa shape index (κ2) is 6.21. The van der Waals surface area contributed by atoms with E-state index in [4.69, 9.17) is 0 Å². The van der Waals surface area contributed by atoms with Crippen LogP contribution in [0.3, 0.4) is 0 Å². The average molecular weight is 375 g/mol. The Morgan fingerprint density at radius 2 is 1.85 bits per heavy atom. The molecule has 4 rings (SSSR count). The average Bonchev–Trinajstić information content (AvgIpc) is 3.21. The van der Waals surface area contributed by atoms with Gasteiger partial charge in [0, 0.05) is 18.7 Å². The van der Waals surface area contributed by atoms with E-state index in [1.807, 2.05) is 0 Å². The van der Waals surface area contributed by atoms with Gasteiger partial charge in [0.2, 0.25) is 0 Å². The van der Waals surface area contributed by atoms with Crippen LogP contribution in [0.25, 0.3) is 11.3 Å². The topological polar surface area (TPSA) is 64.0 Å². The van der Waals surface area contributed by atoms with Crippen LogP contribution in [0.2, 0.25) is 0 Å². The van der Waals surface area contributed by atoms with Crippen LogP contribution in [0.15, 0.2) is 53.6 Å². The molecule has 2 heterocycles. The highest BCUT2D eigenvalue weighted by molar-refractivity contribution is 7.92. The van der Waals surface area contributed by atoms with Crippen LogP contribution in [0, 0.1) is 11.6 Å². The van der Waals surface area contributed by atoms with Crippen LogP contribution in [0.1, 0.15) is 12.2 Å². The SMILES string of the molecule is O=S(=O)(Nc1ccc(-c2cnc3n2CCC3)cc1)c1cc(F)ccc1F. The number of rotatable bonds is 4. The number of nitrogens with zero attached hydrogens (tertiary/aromatic N) is 2. The van der Waals surface area contributed by atoms with E-state index in [2.05, 4.69) is 14.3 Å². The molecule has 2 aromatic carbocycles. The van der Waals surface area contributed by atoms with E-state index in [0.29, 0.717) is 6.07 Å². The molecule has 1 aliphatic heterocycles. The second-order valence-corrected chi connectivity index (χ2v) is 7.72. The molecule has 1 N–H and O–H groups in total. The first-order chi connectivity index (χ1) is 12.4. The van der Waals surface area contributed by atoms with Crippen molar-refractivity contribution in [2.45, 2.75) is 24.3 Å². The molecule has 0 unspecified atom stereocenters. The summed E-state index contributed by atoms with van der Waals surface area (Å²) in [6.07, 6.45) is 3.82. The van der Waals surface area contributed by atoms with Crippen LogP contribution in [0.4, 0.5) is 14.5 Å². The summed E-state index contributed by atoms with van der Waals surface area (Å²) < 4.78 is 56.0. The number of halogens is 2. The van der Waals surface area contributed by atoms with Crippen LogP contribution in [0.5, 0.6) is 0 Å². The lowest BCUT2D eigenvalue weighted by atomic mass is 10.1. The van der Waals surface area contributed by atoms with E-state index in [-0.39, 0.29) is 5.69 Å². The predicted octanol–water partition coefficient (Wildman–Crippen LogP) is 3.58. The molecule has 134 valence electrons. The van der Waals surface area contributed by atoms with E-state index >= 15 is 0 Å². The molecule has 26 heavy (non-hydrogen) atoms. The van der Waals surface area contributed by atoms with Gasteiger partial charge in [-0.1, -0.05) is 12.1 Å². The fourth-order valence-corrected chi connectivity index (χ4v) is 4.24. The van der Waals surface area contributed by atoms with Crippen molar-refractivity contribution in [1.82, 2.24) is 9.55 Å². The Kier molecular flexibility index (Phi) is 3.99. The van der Waals surface area contributed by atoms with Crippen molar-refractivity contribution in [2.24, 2.45) is 0 Å². The first kappa shape index (κ1) is 16.7. The minimum absolute atomic E-state index is 0.263. The number of benzene rings is 2. The van der Waals surface area contributed by atoms with Crippen molar-refractivity contribution in [3.63, 3.8) is 0 Å². The van der Waals surface area contributed by atoms with Gasteiger partial charge in [-0.15, -0.1) is 0 Å². The summed E-state index contributed by atoms with van der Waals surface area (Å²) in [5.41, 5.74) is 2.15. The lowest BCUT2D eigenvalue weighted by Crippen LogP contribution is -2.14. The molecule has 1 aliphatic rings. The molecule has 3 aromatic rings. The Morgan fingerprint density at radius 1 is 1.08 bits per heavy atom. The van der Waals surface area contributed by atoms with Gasteiger partial charge in [0.05, 0.1) is 11.9 Å². The molecule has 0 amide bonds. The van der Waals surface area contributed by atoms with Gasteiger partial charge in [-0.25, -0.2) is 22.2 Å². The molecule has 0 atom stereocenters. The number of imidazole rings is 1. The summed E-state index contributed by atoms with van der Waals surface area (Å²) in [4.78, 5) is 3.66. The van der Waals surface area contributed by atoms with Gasteiger partial charge in [-0.3, -0.25) is 4.72 Å². The van der Waals surface area contributed by atoms with E-state index in [9.17, 15) is 17.2 Å². The number of aryl methyl sites for hydroxylation is 1.